The first-order chi connectivity index (χ1) is 14.6. The lowest BCUT2D eigenvalue weighted by molar-refractivity contribution is -0.143. The minimum Gasteiger partial charge on any atom is -0.480 e. The van der Waals surface area contributed by atoms with Crippen molar-refractivity contribution in [2.24, 2.45) is 0 Å². The second kappa shape index (κ2) is 7.46. The molecule has 1 saturated heterocycles. The molecule has 1 aliphatic heterocycles. The smallest absolute Gasteiger partial charge is 0.325 e. The van der Waals surface area contributed by atoms with Crippen LogP contribution in [0, 0.1) is 6.92 Å². The fourth-order valence-electron chi connectivity index (χ4n) is 4.51. The summed E-state index contributed by atoms with van der Waals surface area (Å²) in [7, 11) is 0. The molecule has 0 saturated carbocycles. The zero-order valence-corrected chi connectivity index (χ0v) is 16.9. The Morgan fingerprint density at radius 3 is 2.50 bits per heavy atom. The van der Waals surface area contributed by atoms with Gasteiger partial charge >= 0.3 is 5.97 Å². The summed E-state index contributed by atoms with van der Waals surface area (Å²) in [5, 5.41) is 12.2. The molecule has 6 heteroatoms. The molecule has 2 N–H and O–H groups in total. The number of aliphatic carboxylic acids is 1. The Kier molecular flexibility index (Phi) is 4.64. The number of aryl methyl sites for hydroxylation is 1. The van der Waals surface area contributed by atoms with Crippen LogP contribution in [0.25, 0.3) is 21.8 Å². The van der Waals surface area contributed by atoms with Gasteiger partial charge in [0.2, 0.25) is 0 Å². The number of pyridine rings is 1. The number of aromatic amines is 1. The maximum absolute atomic E-state index is 12.2. The van der Waals surface area contributed by atoms with E-state index < -0.39 is 12.0 Å². The summed E-state index contributed by atoms with van der Waals surface area (Å²) in [5.41, 5.74) is 4.00. The zero-order valence-electron chi connectivity index (χ0n) is 16.9. The lowest BCUT2D eigenvalue weighted by atomic mass is 10.0. The van der Waals surface area contributed by atoms with E-state index in [4.69, 9.17) is 4.98 Å². The van der Waals surface area contributed by atoms with E-state index in [1.54, 1.807) is 0 Å². The van der Waals surface area contributed by atoms with E-state index in [0.717, 1.165) is 40.9 Å². The molecule has 0 bridgehead atoms. The van der Waals surface area contributed by atoms with E-state index in [2.05, 4.69) is 33.8 Å². The molecule has 4 aromatic rings. The SMILES string of the molecule is Cc1cc(N2CCN([C@@H](C(=O)O)c3c[nH]c4ccccc34)CC2)nc2ccccc12. The van der Waals surface area contributed by atoms with E-state index >= 15 is 0 Å². The van der Waals surface area contributed by atoms with Gasteiger partial charge in [-0.15, -0.1) is 0 Å². The predicted octanol–water partition coefficient (Wildman–Crippen LogP) is 3.97. The van der Waals surface area contributed by atoms with E-state index in [1.165, 1.54) is 10.9 Å². The number of piperazine rings is 1. The van der Waals surface area contributed by atoms with Crippen LogP contribution < -0.4 is 4.90 Å². The molecular weight excluding hydrogens is 376 g/mol. The van der Waals surface area contributed by atoms with Crippen LogP contribution in [0.5, 0.6) is 0 Å². The number of fused-ring (bicyclic) bond motifs is 2. The Balaban J connectivity index is 1.39. The van der Waals surface area contributed by atoms with Crippen LogP contribution in [-0.4, -0.2) is 52.1 Å². The summed E-state index contributed by atoms with van der Waals surface area (Å²) in [4.78, 5) is 24.6. The van der Waals surface area contributed by atoms with E-state index in [-0.39, 0.29) is 0 Å². The number of benzene rings is 2. The van der Waals surface area contributed by atoms with Crippen LogP contribution in [0.2, 0.25) is 0 Å². The monoisotopic (exact) mass is 400 g/mol. The summed E-state index contributed by atoms with van der Waals surface area (Å²) in [5.74, 6) is 0.151. The van der Waals surface area contributed by atoms with E-state index in [9.17, 15) is 9.90 Å². The van der Waals surface area contributed by atoms with Crippen LogP contribution in [0.15, 0.2) is 60.8 Å². The first-order valence-electron chi connectivity index (χ1n) is 10.3. The third-order valence-corrected chi connectivity index (χ3v) is 6.06. The summed E-state index contributed by atoms with van der Waals surface area (Å²) in [6.45, 7) is 4.95. The average molecular weight is 400 g/mol. The molecule has 0 amide bonds. The number of carboxylic acids is 1. The second-order valence-corrected chi connectivity index (χ2v) is 7.87. The van der Waals surface area contributed by atoms with Crippen LogP contribution in [0.1, 0.15) is 17.2 Å². The Morgan fingerprint density at radius 1 is 1.03 bits per heavy atom. The minimum atomic E-state index is -0.812. The van der Waals surface area contributed by atoms with Crippen LogP contribution >= 0.6 is 0 Å². The summed E-state index contributed by atoms with van der Waals surface area (Å²) in [6.07, 6.45) is 1.84. The average Bonchev–Trinajstić information content (AvgIpc) is 3.18. The standard InChI is InChI=1S/C24H24N4O2/c1-16-14-22(26-21-9-5-2-6-17(16)21)27-10-12-28(13-11-27)23(24(29)30)19-15-25-20-8-4-3-7-18(19)20/h2-9,14-15,23,25H,10-13H2,1H3,(H,29,30)/t23-/m1/s1. The Morgan fingerprint density at radius 2 is 1.73 bits per heavy atom. The molecule has 2 aromatic heterocycles. The molecule has 5 rings (SSSR count). The third kappa shape index (κ3) is 3.19. The van der Waals surface area contributed by atoms with Gasteiger partial charge in [-0.2, -0.15) is 0 Å². The molecule has 3 heterocycles. The maximum Gasteiger partial charge on any atom is 0.325 e. The summed E-state index contributed by atoms with van der Waals surface area (Å²) < 4.78 is 0. The molecule has 0 spiro atoms. The Hall–Kier alpha value is -3.38. The zero-order chi connectivity index (χ0) is 20.7. The maximum atomic E-state index is 12.2. The van der Waals surface area contributed by atoms with Crippen molar-refractivity contribution in [3.8, 4) is 0 Å². The first kappa shape index (κ1) is 18.6. The molecule has 1 fully saturated rings. The van der Waals surface area contributed by atoms with Gasteiger partial charge in [-0.1, -0.05) is 36.4 Å². The minimum absolute atomic E-state index is 0.658. The molecule has 30 heavy (non-hydrogen) atoms. The topological polar surface area (TPSA) is 72.5 Å². The van der Waals surface area contributed by atoms with Gasteiger partial charge in [0.25, 0.3) is 0 Å². The molecule has 1 aliphatic rings. The highest BCUT2D eigenvalue weighted by atomic mass is 16.4. The van der Waals surface area contributed by atoms with Crippen LogP contribution in [-0.2, 0) is 4.79 Å². The van der Waals surface area contributed by atoms with Crippen molar-refractivity contribution in [3.63, 3.8) is 0 Å². The van der Waals surface area contributed by atoms with Crippen molar-refractivity contribution in [2.75, 3.05) is 31.1 Å². The van der Waals surface area contributed by atoms with Gasteiger partial charge in [-0.3, -0.25) is 9.69 Å². The number of aromatic nitrogens is 2. The van der Waals surface area contributed by atoms with Gasteiger partial charge in [0.1, 0.15) is 11.9 Å². The number of carbonyl (C=O) groups is 1. The van der Waals surface area contributed by atoms with Gasteiger partial charge in [0.05, 0.1) is 5.52 Å². The Labute approximate surface area is 174 Å². The van der Waals surface area contributed by atoms with E-state index in [1.807, 2.05) is 48.7 Å². The molecule has 0 aliphatic carbocycles. The number of nitrogens with zero attached hydrogens (tertiary/aromatic N) is 3. The second-order valence-electron chi connectivity index (χ2n) is 7.87. The number of carboxylic acid groups (broad SMARTS) is 1. The highest BCUT2D eigenvalue weighted by molar-refractivity contribution is 5.89. The number of rotatable bonds is 4. The number of hydrogen-bond acceptors (Lipinski definition) is 4. The van der Waals surface area contributed by atoms with Crippen LogP contribution in [0.4, 0.5) is 5.82 Å². The first-order valence-corrected chi connectivity index (χ1v) is 10.3. The van der Waals surface area contributed by atoms with Gasteiger partial charge in [-0.05, 0) is 30.7 Å². The number of anilines is 1. The van der Waals surface area contributed by atoms with Crippen molar-refractivity contribution in [2.45, 2.75) is 13.0 Å². The molecule has 0 radical (unpaired) electrons. The van der Waals surface area contributed by atoms with Gasteiger partial charge in [0, 0.05) is 54.2 Å². The van der Waals surface area contributed by atoms with Crippen molar-refractivity contribution in [1.29, 1.82) is 0 Å². The van der Waals surface area contributed by atoms with Gasteiger partial charge in [0.15, 0.2) is 0 Å². The van der Waals surface area contributed by atoms with E-state index in [0.29, 0.717) is 13.1 Å². The van der Waals surface area contributed by atoms with Crippen LogP contribution in [0.3, 0.4) is 0 Å². The fraction of sp³-hybridized carbons (Fsp3) is 0.250. The van der Waals surface area contributed by atoms with Crippen molar-refractivity contribution >= 4 is 33.6 Å². The number of nitrogens with one attached hydrogen (secondary N) is 1. The molecule has 6 nitrogen and oxygen atoms in total. The third-order valence-electron chi connectivity index (χ3n) is 6.06. The lowest BCUT2D eigenvalue weighted by Crippen LogP contribution is -2.49. The molecular formula is C24H24N4O2. The lowest BCUT2D eigenvalue weighted by Gasteiger charge is -2.38. The largest absolute Gasteiger partial charge is 0.480 e. The number of para-hydroxylation sites is 2. The highest BCUT2D eigenvalue weighted by Gasteiger charge is 2.32. The van der Waals surface area contributed by atoms with Crippen molar-refractivity contribution in [3.05, 3.63) is 71.9 Å². The van der Waals surface area contributed by atoms with Crippen molar-refractivity contribution in [1.82, 2.24) is 14.9 Å². The summed E-state index contributed by atoms with van der Waals surface area (Å²) >= 11 is 0. The summed E-state index contributed by atoms with van der Waals surface area (Å²) in [6, 6.07) is 17.5. The highest BCUT2D eigenvalue weighted by Crippen LogP contribution is 2.30. The quantitative estimate of drug-likeness (QED) is 0.542. The van der Waals surface area contributed by atoms with Gasteiger partial charge in [-0.25, -0.2) is 4.98 Å². The fourth-order valence-corrected chi connectivity index (χ4v) is 4.51. The normalized spacial score (nSPS) is 16.2. The number of H-pyrrole nitrogens is 1. The Bertz CT molecular complexity index is 1220. The van der Waals surface area contributed by atoms with Gasteiger partial charge < -0.3 is 15.0 Å². The predicted molar refractivity (Wildman–Crippen MR) is 119 cm³/mol. The number of hydrogen-bond donors (Lipinski definition) is 2. The molecule has 2 aromatic carbocycles. The molecule has 152 valence electrons. The van der Waals surface area contributed by atoms with Crippen molar-refractivity contribution < 1.29 is 9.90 Å². The molecule has 1 atom stereocenters. The molecule has 0 unspecified atom stereocenters.